The molecule has 1 saturated heterocycles. The van der Waals surface area contributed by atoms with Gasteiger partial charge in [0.2, 0.25) is 10.0 Å². The van der Waals surface area contributed by atoms with Gasteiger partial charge in [0.25, 0.3) is 5.56 Å². The number of fused-ring (bicyclic) bond motifs is 1. The summed E-state index contributed by atoms with van der Waals surface area (Å²) in [5.74, 6) is 0. The van der Waals surface area contributed by atoms with Crippen molar-refractivity contribution in [3.05, 3.63) is 39.0 Å². The molecule has 176 valence electrons. The monoisotopic (exact) mass is 471 g/mol. The molecule has 0 atom stereocenters. The lowest BCUT2D eigenvalue weighted by Crippen LogP contribution is -2.46. The largest absolute Gasteiger partial charge is 0.331 e. The lowest BCUT2D eigenvalue weighted by atomic mass is 10.0. The fourth-order valence-electron chi connectivity index (χ4n) is 4.66. The van der Waals surface area contributed by atoms with E-state index in [0.717, 1.165) is 25.7 Å². The molecular weight excluding hydrogens is 442 g/mol. The molecule has 1 aliphatic heterocycles. The van der Waals surface area contributed by atoms with Crippen molar-refractivity contribution < 1.29 is 8.42 Å². The molecule has 0 spiro atoms. The van der Waals surface area contributed by atoms with Crippen LogP contribution in [-0.2, 0) is 16.6 Å². The Hall–Kier alpha value is -2.64. The van der Waals surface area contributed by atoms with Crippen LogP contribution in [0.4, 0.5) is 0 Å². The van der Waals surface area contributed by atoms with Crippen molar-refractivity contribution >= 4 is 20.9 Å². The van der Waals surface area contributed by atoms with Crippen LogP contribution in [0.1, 0.15) is 58.4 Å². The summed E-state index contributed by atoms with van der Waals surface area (Å²) >= 11 is 0. The molecule has 10 heteroatoms. The van der Waals surface area contributed by atoms with Gasteiger partial charge in [0.1, 0.15) is 0 Å². The predicted molar refractivity (Wildman–Crippen MR) is 123 cm³/mol. The SMILES string of the molecule is CC1(Cn2c(=O)n(C3CCN(C#N)CC3)c(=O)c3cc(S(=O)(=O)NC4(C)CC4)ccc32)CC1. The van der Waals surface area contributed by atoms with E-state index in [1.54, 1.807) is 15.5 Å². The standard InChI is InChI=1S/C23H29N5O4S/c1-22(7-8-22)14-27-19-4-3-17(33(31,32)25-23(2)9-10-23)13-18(19)20(29)28(21(27)30)16-5-11-26(15-24)12-6-16/h3-4,13,16,25H,5-12,14H2,1-2H3. The lowest BCUT2D eigenvalue weighted by molar-refractivity contribution is 0.242. The van der Waals surface area contributed by atoms with Crippen LogP contribution in [0.15, 0.2) is 32.7 Å². The fourth-order valence-corrected chi connectivity index (χ4v) is 6.15. The number of aromatic nitrogens is 2. The van der Waals surface area contributed by atoms with Crippen molar-refractivity contribution in [2.24, 2.45) is 5.41 Å². The van der Waals surface area contributed by atoms with E-state index in [9.17, 15) is 18.0 Å². The van der Waals surface area contributed by atoms with Crippen LogP contribution in [0.25, 0.3) is 10.9 Å². The predicted octanol–water partition coefficient (Wildman–Crippen LogP) is 1.91. The summed E-state index contributed by atoms with van der Waals surface area (Å²) < 4.78 is 31.6. The van der Waals surface area contributed by atoms with Gasteiger partial charge in [-0.25, -0.2) is 17.9 Å². The summed E-state index contributed by atoms with van der Waals surface area (Å²) in [6.07, 6.45) is 6.74. The first kappa shape index (κ1) is 22.2. The number of hydrogen-bond acceptors (Lipinski definition) is 6. The number of nitrogens with one attached hydrogen (secondary N) is 1. The van der Waals surface area contributed by atoms with Gasteiger partial charge in [0, 0.05) is 31.2 Å². The number of benzene rings is 1. The minimum absolute atomic E-state index is 0.00995. The van der Waals surface area contributed by atoms with Gasteiger partial charge < -0.3 is 4.90 Å². The molecule has 5 rings (SSSR count). The third-order valence-corrected chi connectivity index (χ3v) is 9.09. The molecule has 9 nitrogen and oxygen atoms in total. The van der Waals surface area contributed by atoms with Crippen molar-refractivity contribution in [2.45, 2.75) is 75.4 Å². The molecule has 2 aliphatic carbocycles. The van der Waals surface area contributed by atoms with Crippen LogP contribution >= 0.6 is 0 Å². The summed E-state index contributed by atoms with van der Waals surface area (Å²) in [5, 5.41) is 9.39. The lowest BCUT2D eigenvalue weighted by Gasteiger charge is -2.29. The van der Waals surface area contributed by atoms with Crippen LogP contribution in [0, 0.1) is 16.9 Å². The molecule has 0 unspecified atom stereocenters. The Morgan fingerprint density at radius 3 is 2.36 bits per heavy atom. The number of nitrogens with zero attached hydrogens (tertiary/aromatic N) is 4. The Labute approximate surface area is 192 Å². The molecule has 1 N–H and O–H groups in total. The van der Waals surface area contributed by atoms with Gasteiger partial charge in [-0.2, -0.15) is 5.26 Å². The van der Waals surface area contributed by atoms with Gasteiger partial charge in [0.05, 0.1) is 15.8 Å². The van der Waals surface area contributed by atoms with E-state index in [1.165, 1.54) is 16.7 Å². The molecule has 1 aromatic heterocycles. The first-order valence-electron chi connectivity index (χ1n) is 11.5. The summed E-state index contributed by atoms with van der Waals surface area (Å²) in [6.45, 7) is 5.44. The van der Waals surface area contributed by atoms with Gasteiger partial charge in [-0.1, -0.05) is 6.92 Å². The zero-order chi connectivity index (χ0) is 23.6. The highest BCUT2D eigenvalue weighted by atomic mass is 32.2. The first-order valence-corrected chi connectivity index (χ1v) is 13.0. The molecule has 3 fully saturated rings. The van der Waals surface area contributed by atoms with Crippen molar-refractivity contribution in [1.29, 1.82) is 5.26 Å². The third kappa shape index (κ3) is 4.08. The maximum absolute atomic E-state index is 13.6. The summed E-state index contributed by atoms with van der Waals surface area (Å²) in [5.41, 5.74) is -0.758. The fraction of sp³-hybridized carbons (Fsp3) is 0.609. The highest BCUT2D eigenvalue weighted by Gasteiger charge is 2.42. The Morgan fingerprint density at radius 2 is 1.79 bits per heavy atom. The molecule has 2 heterocycles. The van der Waals surface area contributed by atoms with Gasteiger partial charge in [-0.05, 0) is 69.1 Å². The Balaban J connectivity index is 1.65. The van der Waals surface area contributed by atoms with E-state index in [4.69, 9.17) is 5.26 Å². The number of likely N-dealkylation sites (tertiary alicyclic amines) is 1. The molecule has 3 aliphatic rings. The smallest absolute Gasteiger partial charge is 0.310 e. The Morgan fingerprint density at radius 1 is 1.12 bits per heavy atom. The number of sulfonamides is 1. The van der Waals surface area contributed by atoms with Crippen LogP contribution in [0.2, 0.25) is 0 Å². The molecule has 2 aromatic rings. The second kappa shape index (κ2) is 7.43. The van der Waals surface area contributed by atoms with E-state index in [0.29, 0.717) is 38.0 Å². The second-order valence-corrected chi connectivity index (χ2v) is 12.2. The zero-order valence-corrected chi connectivity index (χ0v) is 19.8. The molecule has 33 heavy (non-hydrogen) atoms. The molecule has 1 aromatic carbocycles. The molecule has 0 bridgehead atoms. The maximum atomic E-state index is 13.6. The van der Waals surface area contributed by atoms with Crippen molar-refractivity contribution in [3.63, 3.8) is 0 Å². The van der Waals surface area contributed by atoms with E-state index in [-0.39, 0.29) is 27.4 Å². The van der Waals surface area contributed by atoms with Crippen molar-refractivity contribution in [1.82, 2.24) is 18.8 Å². The Bertz CT molecular complexity index is 1380. The number of piperidine rings is 1. The number of hydrogen-bond donors (Lipinski definition) is 1. The molecule has 2 saturated carbocycles. The van der Waals surface area contributed by atoms with Crippen molar-refractivity contribution in [2.75, 3.05) is 13.1 Å². The van der Waals surface area contributed by atoms with E-state index in [2.05, 4.69) is 17.8 Å². The van der Waals surface area contributed by atoms with E-state index in [1.807, 2.05) is 6.92 Å². The summed E-state index contributed by atoms with van der Waals surface area (Å²) in [6, 6.07) is 4.17. The Kier molecular flexibility index (Phi) is 4.99. The zero-order valence-electron chi connectivity index (χ0n) is 19.0. The topological polar surface area (TPSA) is 117 Å². The maximum Gasteiger partial charge on any atom is 0.331 e. The first-order chi connectivity index (χ1) is 15.5. The third-order valence-electron chi connectivity index (χ3n) is 7.45. The van der Waals surface area contributed by atoms with Crippen LogP contribution < -0.4 is 16.0 Å². The number of nitriles is 1. The summed E-state index contributed by atoms with van der Waals surface area (Å²) in [7, 11) is -3.79. The molecule has 0 radical (unpaired) electrons. The van der Waals surface area contributed by atoms with Crippen LogP contribution in [-0.4, -0.2) is 41.1 Å². The van der Waals surface area contributed by atoms with Gasteiger partial charge in [-0.15, -0.1) is 0 Å². The normalized spacial score (nSPS) is 21.7. The minimum Gasteiger partial charge on any atom is -0.310 e. The van der Waals surface area contributed by atoms with E-state index < -0.39 is 21.1 Å². The average molecular weight is 472 g/mol. The van der Waals surface area contributed by atoms with Crippen LogP contribution in [0.3, 0.4) is 0 Å². The summed E-state index contributed by atoms with van der Waals surface area (Å²) in [4.78, 5) is 28.8. The van der Waals surface area contributed by atoms with Gasteiger partial charge in [-0.3, -0.25) is 13.9 Å². The number of rotatable bonds is 6. The molecular formula is C23H29N5O4S. The highest BCUT2D eigenvalue weighted by molar-refractivity contribution is 7.89. The minimum atomic E-state index is -3.79. The van der Waals surface area contributed by atoms with Gasteiger partial charge in [0.15, 0.2) is 6.19 Å². The van der Waals surface area contributed by atoms with Crippen molar-refractivity contribution in [3.8, 4) is 6.19 Å². The average Bonchev–Trinajstić information content (AvgIpc) is 3.70. The van der Waals surface area contributed by atoms with Crippen LogP contribution in [0.5, 0.6) is 0 Å². The quantitative estimate of drug-likeness (QED) is 0.643. The second-order valence-electron chi connectivity index (χ2n) is 10.5. The van der Waals surface area contributed by atoms with Gasteiger partial charge >= 0.3 is 5.69 Å². The highest BCUT2D eigenvalue weighted by Crippen LogP contribution is 2.46. The molecule has 0 amide bonds. The van der Waals surface area contributed by atoms with E-state index >= 15 is 0 Å².